The molecule has 3 aromatic rings. The van der Waals surface area contributed by atoms with Gasteiger partial charge in [-0.15, -0.1) is 0 Å². The summed E-state index contributed by atoms with van der Waals surface area (Å²) in [5.74, 6) is 2.09. The summed E-state index contributed by atoms with van der Waals surface area (Å²) in [6.07, 6.45) is 5.57. The summed E-state index contributed by atoms with van der Waals surface area (Å²) in [7, 11) is 0. The Morgan fingerprint density at radius 3 is 1.81 bits per heavy atom. The topological polar surface area (TPSA) is 60.0 Å². The fourth-order valence-electron chi connectivity index (χ4n) is 3.95. The fourth-order valence-corrected chi connectivity index (χ4v) is 3.95. The van der Waals surface area contributed by atoms with Crippen molar-refractivity contribution in [1.29, 1.82) is 0 Å². The predicted molar refractivity (Wildman–Crippen MR) is 151 cm³/mol. The van der Waals surface area contributed by atoms with Crippen molar-refractivity contribution in [3.63, 3.8) is 0 Å². The number of aliphatic hydroxyl groups excluding tert-OH is 1. The van der Waals surface area contributed by atoms with E-state index in [9.17, 15) is 5.11 Å². The molecule has 5 nitrogen and oxygen atoms in total. The Morgan fingerprint density at radius 1 is 0.676 bits per heavy atom. The normalized spacial score (nSPS) is 11.9. The van der Waals surface area contributed by atoms with Gasteiger partial charge < -0.3 is 24.6 Å². The van der Waals surface area contributed by atoms with Crippen molar-refractivity contribution in [2.24, 2.45) is 0 Å². The molecule has 37 heavy (non-hydrogen) atoms. The maximum absolute atomic E-state index is 10.2. The molecular weight excluding hydrogens is 462 g/mol. The average molecular weight is 506 g/mol. The smallest absolute Gasteiger partial charge is 0.164 e. The maximum atomic E-state index is 10.2. The monoisotopic (exact) mass is 505 g/mol. The molecule has 0 aromatic heterocycles. The number of hydrogen-bond acceptors (Lipinski definition) is 5. The van der Waals surface area contributed by atoms with Gasteiger partial charge in [0.05, 0.1) is 13.2 Å². The highest BCUT2D eigenvalue weighted by atomic mass is 16.5. The number of aliphatic hydroxyl groups is 1. The molecule has 0 aliphatic carbocycles. The van der Waals surface area contributed by atoms with Gasteiger partial charge in [-0.25, -0.2) is 0 Å². The molecular formula is C32H43NO4. The molecule has 1 unspecified atom stereocenters. The third-order valence-corrected chi connectivity index (χ3v) is 6.04. The SMILES string of the molecule is CC(C)NCC(O)COc1ccc(OCCCCc2ccccc2)c(OCCCCc2ccccc2)c1. The van der Waals surface area contributed by atoms with Crippen LogP contribution in [0.5, 0.6) is 17.2 Å². The summed E-state index contributed by atoms with van der Waals surface area (Å²) in [6.45, 7) is 6.07. The number of hydrogen-bond donors (Lipinski definition) is 2. The van der Waals surface area contributed by atoms with Gasteiger partial charge in [0, 0.05) is 18.7 Å². The van der Waals surface area contributed by atoms with Crippen LogP contribution in [0.2, 0.25) is 0 Å². The van der Waals surface area contributed by atoms with Gasteiger partial charge in [0.1, 0.15) is 18.5 Å². The summed E-state index contributed by atoms with van der Waals surface area (Å²) in [6, 6.07) is 27.1. The molecule has 0 fully saturated rings. The first-order valence-corrected chi connectivity index (χ1v) is 13.6. The Labute approximate surface area is 222 Å². The summed E-state index contributed by atoms with van der Waals surface area (Å²) in [4.78, 5) is 0. The van der Waals surface area contributed by atoms with Crippen LogP contribution in [0.15, 0.2) is 78.9 Å². The summed E-state index contributed by atoms with van der Waals surface area (Å²) < 4.78 is 18.1. The van der Waals surface area contributed by atoms with Crippen LogP contribution in [0.25, 0.3) is 0 Å². The van der Waals surface area contributed by atoms with E-state index in [2.05, 4.69) is 67.7 Å². The lowest BCUT2D eigenvalue weighted by Gasteiger charge is -2.17. The molecule has 0 heterocycles. The van der Waals surface area contributed by atoms with Gasteiger partial charge in [0.15, 0.2) is 11.5 Å². The van der Waals surface area contributed by atoms with Gasteiger partial charge in [0.2, 0.25) is 0 Å². The molecule has 2 N–H and O–H groups in total. The first kappa shape index (κ1) is 28.5. The molecule has 0 aliphatic heterocycles. The lowest BCUT2D eigenvalue weighted by atomic mass is 10.1. The molecule has 0 spiro atoms. The molecule has 3 aromatic carbocycles. The van der Waals surface area contributed by atoms with E-state index in [0.717, 1.165) is 44.3 Å². The van der Waals surface area contributed by atoms with Gasteiger partial charge in [-0.1, -0.05) is 74.5 Å². The second-order valence-electron chi connectivity index (χ2n) is 9.72. The van der Waals surface area contributed by atoms with Crippen LogP contribution in [0.1, 0.15) is 50.7 Å². The van der Waals surface area contributed by atoms with E-state index < -0.39 is 6.10 Å². The lowest BCUT2D eigenvalue weighted by molar-refractivity contribution is 0.104. The van der Waals surface area contributed by atoms with Gasteiger partial charge in [-0.05, 0) is 61.8 Å². The minimum absolute atomic E-state index is 0.218. The predicted octanol–water partition coefficient (Wildman–Crippen LogP) is 6.23. The largest absolute Gasteiger partial charge is 0.491 e. The van der Waals surface area contributed by atoms with Gasteiger partial charge in [-0.2, -0.15) is 0 Å². The molecule has 200 valence electrons. The number of unbranched alkanes of at least 4 members (excludes halogenated alkanes) is 2. The van der Waals surface area contributed by atoms with Gasteiger partial charge >= 0.3 is 0 Å². The van der Waals surface area contributed by atoms with E-state index in [0.29, 0.717) is 37.3 Å². The van der Waals surface area contributed by atoms with Crippen LogP contribution in [-0.2, 0) is 12.8 Å². The molecule has 0 saturated carbocycles. The van der Waals surface area contributed by atoms with Crippen molar-refractivity contribution < 1.29 is 19.3 Å². The van der Waals surface area contributed by atoms with Gasteiger partial charge in [-0.3, -0.25) is 0 Å². The van der Waals surface area contributed by atoms with E-state index in [1.807, 2.05) is 30.3 Å². The number of rotatable bonds is 18. The van der Waals surface area contributed by atoms with E-state index in [1.165, 1.54) is 11.1 Å². The molecule has 5 heteroatoms. The molecule has 0 saturated heterocycles. The molecule has 0 aliphatic rings. The first-order chi connectivity index (χ1) is 18.1. The van der Waals surface area contributed by atoms with Crippen LogP contribution in [0.3, 0.4) is 0 Å². The molecule has 3 rings (SSSR count). The second-order valence-corrected chi connectivity index (χ2v) is 9.72. The zero-order valence-corrected chi connectivity index (χ0v) is 22.4. The minimum Gasteiger partial charge on any atom is -0.491 e. The number of ether oxygens (including phenoxy) is 3. The van der Waals surface area contributed by atoms with Gasteiger partial charge in [0.25, 0.3) is 0 Å². The van der Waals surface area contributed by atoms with Crippen molar-refractivity contribution in [1.82, 2.24) is 5.32 Å². The van der Waals surface area contributed by atoms with Crippen LogP contribution in [0.4, 0.5) is 0 Å². The molecule has 0 radical (unpaired) electrons. The van der Waals surface area contributed by atoms with Crippen molar-refractivity contribution in [2.75, 3.05) is 26.4 Å². The molecule has 0 amide bonds. The quantitative estimate of drug-likeness (QED) is 0.201. The first-order valence-electron chi connectivity index (χ1n) is 13.6. The average Bonchev–Trinajstić information content (AvgIpc) is 2.92. The highest BCUT2D eigenvalue weighted by molar-refractivity contribution is 5.45. The lowest BCUT2D eigenvalue weighted by Crippen LogP contribution is -2.35. The van der Waals surface area contributed by atoms with Crippen molar-refractivity contribution in [3.05, 3.63) is 90.0 Å². The Morgan fingerprint density at radius 2 is 1.24 bits per heavy atom. The van der Waals surface area contributed by atoms with E-state index >= 15 is 0 Å². The maximum Gasteiger partial charge on any atom is 0.164 e. The fraction of sp³-hybridized carbons (Fsp3) is 0.438. The Bertz CT molecular complexity index is 994. The van der Waals surface area contributed by atoms with E-state index in [-0.39, 0.29) is 6.61 Å². The van der Waals surface area contributed by atoms with Crippen molar-refractivity contribution in [2.45, 2.75) is 64.5 Å². The van der Waals surface area contributed by atoms with E-state index in [1.54, 1.807) is 0 Å². The Hall–Kier alpha value is -3.02. The minimum atomic E-state index is -0.578. The standard InChI is InChI=1S/C32H43NO4/c1-26(2)33-24-29(34)25-37-30-19-20-31(35-21-11-9-17-27-13-5-3-6-14-27)32(23-30)36-22-12-10-18-28-15-7-4-8-16-28/h3-8,13-16,19-20,23,26,29,33-34H,9-12,17-18,21-22,24-25H2,1-2H3. The van der Waals surface area contributed by atoms with Crippen LogP contribution < -0.4 is 19.5 Å². The Balaban J connectivity index is 1.49. The second kappa shape index (κ2) is 16.7. The molecule has 1 atom stereocenters. The number of benzene rings is 3. The van der Waals surface area contributed by atoms with Crippen molar-refractivity contribution in [3.8, 4) is 17.2 Å². The third kappa shape index (κ3) is 11.7. The Kier molecular flexibility index (Phi) is 12.9. The van der Waals surface area contributed by atoms with Crippen molar-refractivity contribution >= 4 is 0 Å². The van der Waals surface area contributed by atoms with E-state index in [4.69, 9.17) is 14.2 Å². The highest BCUT2D eigenvalue weighted by Crippen LogP contribution is 2.32. The summed E-state index contributed by atoms with van der Waals surface area (Å²) >= 11 is 0. The van der Waals surface area contributed by atoms with Crippen LogP contribution in [-0.4, -0.2) is 43.6 Å². The number of aryl methyl sites for hydroxylation is 2. The number of nitrogens with one attached hydrogen (secondary N) is 1. The third-order valence-electron chi connectivity index (χ3n) is 6.04. The summed E-state index contributed by atoms with van der Waals surface area (Å²) in [5, 5.41) is 13.4. The molecule has 0 bridgehead atoms. The zero-order chi connectivity index (χ0) is 26.1. The highest BCUT2D eigenvalue weighted by Gasteiger charge is 2.11. The van der Waals surface area contributed by atoms with Crippen LogP contribution >= 0.6 is 0 Å². The zero-order valence-electron chi connectivity index (χ0n) is 22.4. The van der Waals surface area contributed by atoms with Crippen LogP contribution in [0, 0.1) is 0 Å². The summed E-state index contributed by atoms with van der Waals surface area (Å²) in [5.41, 5.74) is 2.71.